The number of fused-ring (bicyclic) bond motifs is 4. The van der Waals surface area contributed by atoms with Crippen LogP contribution in [0.4, 0.5) is 104 Å². The topological polar surface area (TPSA) is 524 Å². The van der Waals surface area contributed by atoms with Gasteiger partial charge in [0.25, 0.3) is 23.6 Å². The van der Waals surface area contributed by atoms with Crippen molar-refractivity contribution in [3.8, 4) is 0 Å². The van der Waals surface area contributed by atoms with E-state index < -0.39 is 70.2 Å². The van der Waals surface area contributed by atoms with Crippen molar-refractivity contribution in [1.82, 2.24) is 113 Å². The SMILES string of the molecule is CN(C)CCN(C)C(=O)C1CCN(c2c(F)cncc2NC(=O)c2c(N)nn3cc(F)cnc23)CC1.CNC(=O)C1CCN(c2c(F)cncc2NC(=O)c2c(N)nn3cc(F)cnc23)CC1.CNC1CN(C(=O)C2CCN(c3c(F)cncc3NC(=O)c3c(N)nn4cc(F)cnc34)CC2)C1.Nc1nn2cc(F)cnc2c1C(=O)Nc1cncc(F)c1N1CCC(C(=O)N2CCN(C3COC3)CC2)CC1. The molecule has 744 valence electrons. The van der Waals surface area contributed by atoms with Crippen molar-refractivity contribution in [3.63, 3.8) is 0 Å². The summed E-state index contributed by atoms with van der Waals surface area (Å²) in [6.07, 6.45) is 22.2. The number of hydrogen-bond acceptors (Lipinski definition) is 32. The summed E-state index contributed by atoms with van der Waals surface area (Å²) in [5.74, 6) is -8.46. The monoisotopic (exact) mass is 1960 g/mol. The molecule has 7 fully saturated rings. The number of nitrogen functional groups attached to an aromatic ring is 4. The van der Waals surface area contributed by atoms with Gasteiger partial charge in [-0.3, -0.25) is 63.2 Å². The number of rotatable bonds is 21. The Morgan fingerprint density at radius 3 is 0.965 bits per heavy atom. The number of ether oxygens (including phenoxy) is 1. The highest BCUT2D eigenvalue weighted by Crippen LogP contribution is 2.40. The molecule has 0 spiro atoms. The summed E-state index contributed by atoms with van der Waals surface area (Å²) in [7, 11) is 9.17. The molecule has 44 nitrogen and oxygen atoms in total. The van der Waals surface area contributed by atoms with E-state index in [0.29, 0.717) is 149 Å². The predicted octanol–water partition coefficient (Wildman–Crippen LogP) is 4.55. The Hall–Kier alpha value is -15.5. The number of amides is 8. The second-order valence-corrected chi connectivity index (χ2v) is 35.1. The van der Waals surface area contributed by atoms with Crippen molar-refractivity contribution < 1.29 is 78.2 Å². The maximum absolute atomic E-state index is 15.0. The third-order valence-electron chi connectivity index (χ3n) is 25.8. The first-order valence-electron chi connectivity index (χ1n) is 45.4. The number of carbonyl (C=O) groups excluding carboxylic acids is 8. The first-order chi connectivity index (χ1) is 67.8. The number of hydrogen-bond donors (Lipinski definition) is 10. The molecular formula is C89H103F8N35O9. The van der Waals surface area contributed by atoms with E-state index >= 15 is 4.39 Å². The number of piperazine rings is 1. The number of nitrogens with zero attached hydrogens (tertiary/aromatic N) is 25. The third-order valence-corrected chi connectivity index (χ3v) is 25.8. The Morgan fingerprint density at radius 1 is 0.383 bits per heavy atom. The van der Waals surface area contributed by atoms with Crippen molar-refractivity contribution in [2.45, 2.75) is 63.5 Å². The molecular weight excluding hydrogens is 1860 g/mol. The standard InChI is InChI=1S/C25H29F2N9O3.C23H29F2N9O2.C22H25F2N9O2.C19H20F2N8O2/c26-16-9-30-23-20(22(28)32-36(23)12-16)24(37)31-19-11-29-10-18(27)21(19)34-3-1-15(2-4-34)25(38)35-7-5-33(6-8-35)17-13-39-14-17;1-31(2)8-9-32(3)23(36)14-4-6-33(7-5-14)19-16(25)11-27-12-17(19)29-22(35)18-20(26)30-34-13-15(24)10-28-21(18)34;1-26-14-10-32(11-14)22(35)12-2-4-31(5-3-12)18-15(24)7-27-8-16(18)29-21(34)17-19(25)30-33-9-13(23)6-28-20(17)33;1-23-18(30)10-2-4-28(5-3-10)15-12(21)7-24-8-13(15)26-19(31)14-16(22)27-29-9-11(20)6-25-17(14)29/h9-12,15,17H,1-8,13-14H2,(H2,28,32)(H,31,37);10-14H,4-9H2,1-3H3,(H2,26,30)(H,29,35);6-9,12,14,26H,2-5,10-11H2,1H3,(H2,25,30)(H,29,34);6-10H,2-5H2,1H3,(H2,22,27)(H,23,30)(H,26,31). The average molecular weight is 1960 g/mol. The van der Waals surface area contributed by atoms with E-state index in [1.54, 1.807) is 33.7 Å². The molecule has 12 aromatic heterocycles. The second kappa shape index (κ2) is 42.9. The van der Waals surface area contributed by atoms with E-state index in [1.165, 1.54) is 24.8 Å². The van der Waals surface area contributed by atoms with E-state index in [0.717, 1.165) is 125 Å². The maximum Gasteiger partial charge on any atom is 0.263 e. The Labute approximate surface area is 798 Å². The van der Waals surface area contributed by atoms with Crippen LogP contribution in [0.3, 0.4) is 0 Å². The molecule has 141 heavy (non-hydrogen) atoms. The highest BCUT2D eigenvalue weighted by Gasteiger charge is 2.40. The molecule has 7 aliphatic rings. The first-order valence-corrected chi connectivity index (χ1v) is 45.4. The summed E-state index contributed by atoms with van der Waals surface area (Å²) in [5, 5.41) is 32.0. The van der Waals surface area contributed by atoms with Gasteiger partial charge in [-0.15, -0.1) is 20.4 Å². The lowest BCUT2D eigenvalue weighted by molar-refractivity contribution is -0.141. The van der Waals surface area contributed by atoms with Crippen molar-refractivity contribution >= 4 is 139 Å². The van der Waals surface area contributed by atoms with Gasteiger partial charge < -0.3 is 98.8 Å². The molecule has 7 saturated heterocycles. The number of piperidine rings is 4. The summed E-state index contributed by atoms with van der Waals surface area (Å²) in [5.41, 5.74) is 24.9. The van der Waals surface area contributed by atoms with Crippen molar-refractivity contribution in [2.75, 3.05) is 217 Å². The van der Waals surface area contributed by atoms with Crippen LogP contribution in [0.25, 0.3) is 22.6 Å². The minimum atomic E-state index is -0.680. The van der Waals surface area contributed by atoms with E-state index in [-0.39, 0.29) is 161 Å². The Kier molecular flexibility index (Phi) is 30.0. The number of nitrogens with two attached hydrogens (primary N) is 4. The summed E-state index contributed by atoms with van der Waals surface area (Å²) < 4.78 is 123. The van der Waals surface area contributed by atoms with Crippen LogP contribution in [-0.4, -0.2) is 315 Å². The summed E-state index contributed by atoms with van der Waals surface area (Å²) in [6, 6.07) is 0.812. The van der Waals surface area contributed by atoms with Gasteiger partial charge in [-0.1, -0.05) is 0 Å². The van der Waals surface area contributed by atoms with E-state index in [1.807, 2.05) is 40.7 Å². The molecule has 0 bridgehead atoms. The molecule has 0 saturated carbocycles. The van der Waals surface area contributed by atoms with Gasteiger partial charge in [-0.05, 0) is 72.5 Å². The fourth-order valence-electron chi connectivity index (χ4n) is 18.2. The zero-order valence-corrected chi connectivity index (χ0v) is 77.3. The zero-order valence-electron chi connectivity index (χ0n) is 77.3. The number of carbonyl (C=O) groups is 8. The van der Waals surface area contributed by atoms with Gasteiger partial charge in [0.1, 0.15) is 45.0 Å². The molecule has 19 rings (SSSR count). The normalized spacial score (nSPS) is 16.5. The Morgan fingerprint density at radius 2 is 0.681 bits per heavy atom. The highest BCUT2D eigenvalue weighted by molar-refractivity contribution is 6.15. The number of pyridine rings is 4. The van der Waals surface area contributed by atoms with Crippen molar-refractivity contribution in [2.24, 2.45) is 23.7 Å². The van der Waals surface area contributed by atoms with Gasteiger partial charge in [0.15, 0.2) is 92.4 Å². The minimum Gasteiger partial charge on any atom is -0.381 e. The lowest BCUT2D eigenvalue weighted by atomic mass is 9.93. The Bertz CT molecular complexity index is 6680. The van der Waals surface area contributed by atoms with E-state index in [2.05, 4.69) is 97.1 Å². The lowest BCUT2D eigenvalue weighted by Crippen LogP contribution is -2.60. The van der Waals surface area contributed by atoms with Gasteiger partial charge in [0.05, 0.1) is 141 Å². The van der Waals surface area contributed by atoms with Crippen LogP contribution >= 0.6 is 0 Å². The summed E-state index contributed by atoms with van der Waals surface area (Å²) in [4.78, 5) is 151. The molecule has 12 aromatic rings. The quantitative estimate of drug-likeness (QED) is 0.0441. The van der Waals surface area contributed by atoms with Crippen molar-refractivity contribution in [3.05, 3.63) is 168 Å². The van der Waals surface area contributed by atoms with Gasteiger partial charge in [-0.2, -0.15) is 0 Å². The van der Waals surface area contributed by atoms with Crippen LogP contribution in [0.1, 0.15) is 92.8 Å². The van der Waals surface area contributed by atoms with Crippen LogP contribution in [0.15, 0.2) is 99.1 Å². The fourth-order valence-corrected chi connectivity index (χ4v) is 18.2. The number of nitrogens with one attached hydrogen (secondary N) is 6. The molecule has 0 atom stereocenters. The largest absolute Gasteiger partial charge is 0.381 e. The van der Waals surface area contributed by atoms with Crippen LogP contribution in [0.2, 0.25) is 0 Å². The number of likely N-dealkylation sites (tertiary alicyclic amines) is 1. The molecule has 0 aromatic carbocycles. The smallest absolute Gasteiger partial charge is 0.263 e. The minimum absolute atomic E-state index is 0.0455. The fraction of sp³-hybridized carbons (Fsp3) is 0.416. The van der Waals surface area contributed by atoms with Crippen LogP contribution in [0, 0.1) is 70.2 Å². The first kappa shape index (κ1) is 98.6. The van der Waals surface area contributed by atoms with E-state index in [4.69, 9.17) is 27.7 Å². The molecule has 7 aliphatic heterocycles. The van der Waals surface area contributed by atoms with Gasteiger partial charge in [0, 0.05) is 149 Å². The number of anilines is 12. The average Bonchev–Trinajstić information content (AvgIpc) is 1.71. The van der Waals surface area contributed by atoms with Crippen LogP contribution in [0.5, 0.6) is 0 Å². The molecule has 0 radical (unpaired) electrons. The molecule has 0 aliphatic carbocycles. The molecule has 19 heterocycles. The lowest BCUT2D eigenvalue weighted by Gasteiger charge is -2.43. The van der Waals surface area contributed by atoms with E-state index in [9.17, 15) is 69.1 Å². The summed E-state index contributed by atoms with van der Waals surface area (Å²) >= 11 is 0. The number of aromatic nitrogens is 16. The molecule has 14 N–H and O–H groups in total. The van der Waals surface area contributed by atoms with Gasteiger partial charge in [0.2, 0.25) is 23.6 Å². The third kappa shape index (κ3) is 21.7. The predicted molar refractivity (Wildman–Crippen MR) is 500 cm³/mol. The van der Waals surface area contributed by atoms with Gasteiger partial charge >= 0.3 is 0 Å². The number of likely N-dealkylation sites (N-methyl/N-ethyl adjacent to an activating group) is 3. The highest BCUT2D eigenvalue weighted by atomic mass is 19.2. The molecule has 0 unspecified atom stereocenters. The van der Waals surface area contributed by atoms with Crippen LogP contribution in [-0.2, 0) is 23.9 Å². The molecule has 8 amide bonds. The second-order valence-electron chi connectivity index (χ2n) is 35.1. The van der Waals surface area contributed by atoms with Crippen molar-refractivity contribution in [1.29, 1.82) is 0 Å². The molecule has 52 heteroatoms. The zero-order chi connectivity index (χ0) is 99.9. The maximum atomic E-state index is 15.0. The van der Waals surface area contributed by atoms with Gasteiger partial charge in [-0.25, -0.2) is 73.1 Å². The summed E-state index contributed by atoms with van der Waals surface area (Å²) in [6.45, 7) is 11.0. The van der Waals surface area contributed by atoms with Crippen LogP contribution < -0.4 is 74.4 Å². The number of halogens is 8. The Balaban J connectivity index is 0.000000136.